The molecule has 0 spiro atoms. The summed E-state index contributed by atoms with van der Waals surface area (Å²) in [6.45, 7) is 1.51. The number of hydrogen-bond donors (Lipinski definition) is 3. The second kappa shape index (κ2) is 9.92. The van der Waals surface area contributed by atoms with Gasteiger partial charge in [-0.25, -0.2) is 9.97 Å². The van der Waals surface area contributed by atoms with Gasteiger partial charge in [0, 0.05) is 54.6 Å². The molecule has 0 bridgehead atoms. The Morgan fingerprint density at radius 3 is 2.46 bits per heavy atom. The number of aromatic nitrogens is 7. The fourth-order valence-corrected chi connectivity index (χ4v) is 4.80. The molecule has 0 radical (unpaired) electrons. The lowest BCUT2D eigenvalue weighted by molar-refractivity contribution is 0.691. The van der Waals surface area contributed by atoms with Crippen molar-refractivity contribution in [1.82, 2.24) is 40.4 Å². The third kappa shape index (κ3) is 4.54. The van der Waals surface area contributed by atoms with Crippen molar-refractivity contribution in [3.63, 3.8) is 0 Å². The summed E-state index contributed by atoms with van der Waals surface area (Å²) in [5.41, 5.74) is 10.2. The minimum atomic E-state index is 0.661. The van der Waals surface area contributed by atoms with Crippen LogP contribution in [-0.2, 0) is 13.1 Å². The van der Waals surface area contributed by atoms with Gasteiger partial charge in [-0.1, -0.05) is 48.5 Å². The molecule has 0 saturated heterocycles. The molecule has 0 atom stereocenters. The summed E-state index contributed by atoms with van der Waals surface area (Å²) in [6.07, 6.45) is 7.35. The number of benzene rings is 2. The average Bonchev–Trinajstić information content (AvgIpc) is 3.62. The van der Waals surface area contributed by atoms with Crippen LogP contribution in [0, 0.1) is 0 Å². The molecular formula is C31H24N8. The quantitative estimate of drug-likeness (QED) is 0.247. The van der Waals surface area contributed by atoms with Crippen LogP contribution in [0.2, 0.25) is 0 Å². The standard InChI is InChI=1S/C31H24N8/c1-2-6-20(7-3-1)15-33-16-21-14-23(19-34-17-21)25-11-12-27-29(35-25)30(39-38-27)31-36-26-10-4-9-24(28(26)37-31)22-8-5-13-32-18-22/h1-14,17-19,33H,15-16H2,(H,36,37)(H,38,39). The van der Waals surface area contributed by atoms with Crippen LogP contribution in [0.25, 0.3) is 56.0 Å². The number of pyridine rings is 3. The third-order valence-electron chi connectivity index (χ3n) is 6.71. The third-order valence-corrected chi connectivity index (χ3v) is 6.71. The van der Waals surface area contributed by atoms with Gasteiger partial charge in [0.2, 0.25) is 0 Å². The molecule has 0 saturated carbocycles. The molecule has 5 aromatic heterocycles. The lowest BCUT2D eigenvalue weighted by Crippen LogP contribution is -2.12. The van der Waals surface area contributed by atoms with E-state index in [-0.39, 0.29) is 0 Å². The highest BCUT2D eigenvalue weighted by atomic mass is 15.1. The van der Waals surface area contributed by atoms with Gasteiger partial charge in [-0.2, -0.15) is 5.10 Å². The van der Waals surface area contributed by atoms with E-state index in [2.05, 4.69) is 66.9 Å². The Kier molecular flexibility index (Phi) is 5.84. The highest BCUT2D eigenvalue weighted by Crippen LogP contribution is 2.31. The predicted molar refractivity (Wildman–Crippen MR) is 152 cm³/mol. The number of nitrogens with one attached hydrogen (secondary N) is 3. The molecular weight excluding hydrogens is 484 g/mol. The Morgan fingerprint density at radius 2 is 1.56 bits per heavy atom. The molecule has 5 heterocycles. The van der Waals surface area contributed by atoms with Gasteiger partial charge in [0.15, 0.2) is 11.5 Å². The summed E-state index contributed by atoms with van der Waals surface area (Å²) in [5.74, 6) is 0.661. The van der Waals surface area contributed by atoms with Gasteiger partial charge in [-0.15, -0.1) is 0 Å². The van der Waals surface area contributed by atoms with E-state index in [4.69, 9.17) is 9.97 Å². The van der Waals surface area contributed by atoms with E-state index in [1.807, 2.05) is 61.1 Å². The smallest absolute Gasteiger partial charge is 0.161 e. The van der Waals surface area contributed by atoms with Crippen LogP contribution in [0.15, 0.2) is 104 Å². The van der Waals surface area contributed by atoms with Crippen molar-refractivity contribution in [2.24, 2.45) is 0 Å². The Bertz CT molecular complexity index is 1890. The first-order valence-electron chi connectivity index (χ1n) is 12.8. The average molecular weight is 509 g/mol. The number of H-pyrrole nitrogens is 2. The number of rotatable bonds is 7. The molecule has 0 unspecified atom stereocenters. The highest BCUT2D eigenvalue weighted by Gasteiger charge is 2.17. The van der Waals surface area contributed by atoms with Crippen LogP contribution in [-0.4, -0.2) is 35.1 Å². The first-order valence-corrected chi connectivity index (χ1v) is 12.8. The second-order valence-electron chi connectivity index (χ2n) is 9.36. The fraction of sp³-hybridized carbons (Fsp3) is 0.0645. The number of imidazole rings is 1. The predicted octanol–water partition coefficient (Wildman–Crippen LogP) is 5.92. The van der Waals surface area contributed by atoms with E-state index in [9.17, 15) is 0 Å². The first kappa shape index (κ1) is 22.9. The van der Waals surface area contributed by atoms with Crippen molar-refractivity contribution in [3.8, 4) is 33.9 Å². The number of aromatic amines is 2. The number of fused-ring (bicyclic) bond motifs is 2. The Labute approximate surface area is 224 Å². The molecule has 3 N–H and O–H groups in total. The second-order valence-corrected chi connectivity index (χ2v) is 9.36. The Hall–Kier alpha value is -5.21. The van der Waals surface area contributed by atoms with Crippen molar-refractivity contribution >= 4 is 22.1 Å². The number of para-hydroxylation sites is 1. The van der Waals surface area contributed by atoms with E-state index >= 15 is 0 Å². The van der Waals surface area contributed by atoms with Gasteiger partial charge >= 0.3 is 0 Å². The summed E-state index contributed by atoms with van der Waals surface area (Å²) in [4.78, 5) is 22.1. The summed E-state index contributed by atoms with van der Waals surface area (Å²) in [6, 6.07) is 26.5. The molecule has 7 rings (SSSR count). The van der Waals surface area contributed by atoms with Crippen LogP contribution in [0.3, 0.4) is 0 Å². The fourth-order valence-electron chi connectivity index (χ4n) is 4.80. The zero-order valence-corrected chi connectivity index (χ0v) is 21.0. The molecule has 188 valence electrons. The monoisotopic (exact) mass is 508 g/mol. The minimum Gasteiger partial charge on any atom is -0.336 e. The maximum atomic E-state index is 4.98. The van der Waals surface area contributed by atoms with Gasteiger partial charge in [-0.3, -0.25) is 15.1 Å². The Morgan fingerprint density at radius 1 is 0.667 bits per heavy atom. The molecule has 7 aromatic rings. The van der Waals surface area contributed by atoms with E-state index < -0.39 is 0 Å². The van der Waals surface area contributed by atoms with Crippen LogP contribution >= 0.6 is 0 Å². The van der Waals surface area contributed by atoms with Crippen molar-refractivity contribution in [2.45, 2.75) is 13.1 Å². The molecule has 0 fully saturated rings. The number of hydrogen-bond acceptors (Lipinski definition) is 6. The maximum absolute atomic E-state index is 4.98. The lowest BCUT2D eigenvalue weighted by Gasteiger charge is -2.07. The Balaban J connectivity index is 1.20. The largest absolute Gasteiger partial charge is 0.336 e. The summed E-state index contributed by atoms with van der Waals surface area (Å²) in [5, 5.41) is 11.2. The first-order chi connectivity index (χ1) is 19.3. The maximum Gasteiger partial charge on any atom is 0.161 e. The van der Waals surface area contributed by atoms with Gasteiger partial charge in [0.25, 0.3) is 0 Å². The minimum absolute atomic E-state index is 0.661. The molecule has 0 aliphatic rings. The normalized spacial score (nSPS) is 11.4. The van der Waals surface area contributed by atoms with Crippen LogP contribution in [0.5, 0.6) is 0 Å². The summed E-state index contributed by atoms with van der Waals surface area (Å²) >= 11 is 0. The van der Waals surface area contributed by atoms with Gasteiger partial charge in [0.1, 0.15) is 5.52 Å². The highest BCUT2D eigenvalue weighted by molar-refractivity contribution is 5.96. The van der Waals surface area contributed by atoms with Crippen LogP contribution in [0.1, 0.15) is 11.1 Å². The van der Waals surface area contributed by atoms with Crippen molar-refractivity contribution < 1.29 is 0 Å². The van der Waals surface area contributed by atoms with Gasteiger partial charge in [-0.05, 0) is 41.5 Å². The van der Waals surface area contributed by atoms with Gasteiger partial charge < -0.3 is 10.3 Å². The van der Waals surface area contributed by atoms with E-state index in [0.717, 1.165) is 56.6 Å². The molecule has 39 heavy (non-hydrogen) atoms. The molecule has 0 aliphatic heterocycles. The van der Waals surface area contributed by atoms with E-state index in [1.165, 1.54) is 5.56 Å². The van der Waals surface area contributed by atoms with E-state index in [0.29, 0.717) is 18.1 Å². The van der Waals surface area contributed by atoms with Crippen LogP contribution < -0.4 is 5.32 Å². The van der Waals surface area contributed by atoms with Gasteiger partial charge in [0.05, 0.1) is 22.2 Å². The van der Waals surface area contributed by atoms with Crippen molar-refractivity contribution in [2.75, 3.05) is 0 Å². The molecule has 2 aromatic carbocycles. The van der Waals surface area contributed by atoms with Crippen molar-refractivity contribution in [3.05, 3.63) is 115 Å². The summed E-state index contributed by atoms with van der Waals surface area (Å²) in [7, 11) is 0. The lowest BCUT2D eigenvalue weighted by atomic mass is 10.1. The molecule has 0 aliphatic carbocycles. The zero-order chi connectivity index (χ0) is 26.0. The number of nitrogens with zero attached hydrogens (tertiary/aromatic N) is 5. The summed E-state index contributed by atoms with van der Waals surface area (Å²) < 4.78 is 0. The molecule has 8 heteroatoms. The zero-order valence-electron chi connectivity index (χ0n) is 21.0. The molecule has 8 nitrogen and oxygen atoms in total. The van der Waals surface area contributed by atoms with E-state index in [1.54, 1.807) is 6.20 Å². The van der Waals surface area contributed by atoms with Crippen LogP contribution in [0.4, 0.5) is 0 Å². The molecule has 0 amide bonds. The SMILES string of the molecule is c1ccc(CNCc2cncc(-c3ccc4[nH]nc(-c5nc6c(-c7cccnc7)cccc6[nH]5)c4n3)c2)cc1. The van der Waals surface area contributed by atoms with Crippen molar-refractivity contribution in [1.29, 1.82) is 0 Å². The topological polar surface area (TPSA) is 108 Å².